The topological polar surface area (TPSA) is 45.2 Å². The van der Waals surface area contributed by atoms with E-state index < -0.39 is 5.95 Å². The fourth-order valence-electron chi connectivity index (χ4n) is 1.89. The Balaban J connectivity index is 0.000000468. The maximum Gasteiger partial charge on any atom is 0.270 e. The van der Waals surface area contributed by atoms with E-state index in [0.717, 1.165) is 0 Å². The molecule has 1 aromatic rings. The van der Waals surface area contributed by atoms with Gasteiger partial charge in [-0.1, -0.05) is 26.3 Å². The van der Waals surface area contributed by atoms with Gasteiger partial charge >= 0.3 is 0 Å². The Morgan fingerprint density at radius 1 is 1.26 bits per heavy atom. The van der Waals surface area contributed by atoms with E-state index in [0.29, 0.717) is 5.56 Å². The van der Waals surface area contributed by atoms with Crippen LogP contribution in [0, 0.1) is 12.9 Å². The molecule has 0 unspecified atom stereocenters. The van der Waals surface area contributed by atoms with Crippen molar-refractivity contribution >= 4 is 5.91 Å². The SMILES string of the molecule is CCCCN(C)CCC.Cc1ccc(C(=O)NC(C)C)nc1F. The maximum absolute atomic E-state index is 13.0. The van der Waals surface area contributed by atoms with E-state index in [1.807, 2.05) is 13.8 Å². The van der Waals surface area contributed by atoms with Gasteiger partial charge in [0.2, 0.25) is 5.95 Å². The lowest BCUT2D eigenvalue weighted by Crippen LogP contribution is -2.30. The van der Waals surface area contributed by atoms with E-state index in [9.17, 15) is 9.18 Å². The zero-order chi connectivity index (χ0) is 17.8. The van der Waals surface area contributed by atoms with Crippen LogP contribution in [0.4, 0.5) is 4.39 Å². The predicted molar refractivity (Wildman–Crippen MR) is 94.2 cm³/mol. The molecule has 0 aliphatic carbocycles. The van der Waals surface area contributed by atoms with Gasteiger partial charge in [0.25, 0.3) is 5.91 Å². The van der Waals surface area contributed by atoms with E-state index in [1.165, 1.54) is 44.5 Å². The molecule has 1 heterocycles. The summed E-state index contributed by atoms with van der Waals surface area (Å²) >= 11 is 0. The summed E-state index contributed by atoms with van der Waals surface area (Å²) in [7, 11) is 2.19. The molecule has 0 spiro atoms. The molecule has 5 heteroatoms. The summed E-state index contributed by atoms with van der Waals surface area (Å²) in [6.45, 7) is 12.3. The number of carbonyl (C=O) groups is 1. The molecule has 0 atom stereocenters. The van der Waals surface area contributed by atoms with Crippen molar-refractivity contribution in [2.24, 2.45) is 0 Å². The van der Waals surface area contributed by atoms with Crippen LogP contribution in [0.5, 0.6) is 0 Å². The van der Waals surface area contributed by atoms with Crippen LogP contribution in [0.2, 0.25) is 0 Å². The number of halogens is 1. The summed E-state index contributed by atoms with van der Waals surface area (Å²) in [4.78, 5) is 17.3. The molecule has 1 amide bonds. The first kappa shape index (κ1) is 21.5. The van der Waals surface area contributed by atoms with E-state index in [1.54, 1.807) is 6.92 Å². The third-order valence-corrected chi connectivity index (χ3v) is 3.19. The van der Waals surface area contributed by atoms with E-state index in [4.69, 9.17) is 0 Å². The molecule has 0 radical (unpaired) electrons. The average Bonchev–Trinajstić information content (AvgIpc) is 2.48. The van der Waals surface area contributed by atoms with Crippen LogP contribution in [0.3, 0.4) is 0 Å². The first-order valence-corrected chi connectivity index (χ1v) is 8.44. The van der Waals surface area contributed by atoms with Crippen molar-refractivity contribution in [3.63, 3.8) is 0 Å². The minimum absolute atomic E-state index is 0.0219. The molecule has 1 N–H and O–H groups in total. The fourth-order valence-corrected chi connectivity index (χ4v) is 1.89. The summed E-state index contributed by atoms with van der Waals surface area (Å²) in [5, 5.41) is 2.64. The Hall–Kier alpha value is -1.49. The van der Waals surface area contributed by atoms with Gasteiger partial charge in [0.05, 0.1) is 0 Å². The molecule has 0 bridgehead atoms. The number of amides is 1. The second-order valence-corrected chi connectivity index (χ2v) is 6.09. The highest BCUT2D eigenvalue weighted by atomic mass is 19.1. The number of pyridine rings is 1. The Morgan fingerprint density at radius 3 is 2.39 bits per heavy atom. The quantitative estimate of drug-likeness (QED) is 0.776. The van der Waals surface area contributed by atoms with Gasteiger partial charge in [-0.05, 0) is 59.8 Å². The van der Waals surface area contributed by atoms with Gasteiger partial charge in [0.1, 0.15) is 5.69 Å². The van der Waals surface area contributed by atoms with Gasteiger partial charge in [-0.3, -0.25) is 4.79 Å². The normalized spacial score (nSPS) is 10.5. The van der Waals surface area contributed by atoms with Crippen molar-refractivity contribution in [2.75, 3.05) is 20.1 Å². The second-order valence-electron chi connectivity index (χ2n) is 6.09. The zero-order valence-corrected chi connectivity index (χ0v) is 15.4. The van der Waals surface area contributed by atoms with Crippen LogP contribution in [0.25, 0.3) is 0 Å². The number of aryl methyl sites for hydroxylation is 1. The highest BCUT2D eigenvalue weighted by Gasteiger charge is 2.10. The molecule has 0 aromatic carbocycles. The first-order chi connectivity index (χ1) is 10.8. The molecule has 0 fully saturated rings. The van der Waals surface area contributed by atoms with E-state index in [2.05, 4.69) is 36.1 Å². The smallest absolute Gasteiger partial charge is 0.270 e. The van der Waals surface area contributed by atoms with E-state index >= 15 is 0 Å². The van der Waals surface area contributed by atoms with Gasteiger partial charge in [-0.2, -0.15) is 4.39 Å². The number of carbonyl (C=O) groups excluding carboxylic acids is 1. The summed E-state index contributed by atoms with van der Waals surface area (Å²) in [5.74, 6) is -0.944. The zero-order valence-electron chi connectivity index (χ0n) is 15.4. The Bertz CT molecular complexity index is 464. The van der Waals surface area contributed by atoms with E-state index in [-0.39, 0.29) is 17.6 Å². The lowest BCUT2D eigenvalue weighted by atomic mass is 10.2. The molecule has 1 rings (SSSR count). The van der Waals surface area contributed by atoms with Crippen molar-refractivity contribution in [3.05, 3.63) is 29.3 Å². The molecular weight excluding hydrogens is 293 g/mol. The van der Waals surface area contributed by atoms with Crippen LogP contribution in [-0.2, 0) is 0 Å². The molecule has 0 saturated heterocycles. The second kappa shape index (κ2) is 12.0. The standard InChI is InChI=1S/C10H13FN2O.C8H19N/c1-6(2)12-10(14)8-5-4-7(3)9(11)13-8;1-4-6-8-9(3)7-5-2/h4-6H,1-3H3,(H,12,14);4-8H2,1-3H3. The van der Waals surface area contributed by atoms with Crippen molar-refractivity contribution in [2.45, 2.75) is 59.9 Å². The van der Waals surface area contributed by atoms with Crippen LogP contribution >= 0.6 is 0 Å². The lowest BCUT2D eigenvalue weighted by molar-refractivity contribution is 0.0937. The predicted octanol–water partition coefficient (Wildman–Crippen LogP) is 3.80. The van der Waals surface area contributed by atoms with Crippen molar-refractivity contribution < 1.29 is 9.18 Å². The van der Waals surface area contributed by atoms with Crippen molar-refractivity contribution in [1.29, 1.82) is 0 Å². The highest BCUT2D eigenvalue weighted by Crippen LogP contribution is 2.04. The minimum Gasteiger partial charge on any atom is -0.349 e. The van der Waals surface area contributed by atoms with Gasteiger partial charge in [0, 0.05) is 11.6 Å². The fraction of sp³-hybridized carbons (Fsp3) is 0.667. The number of unbranched alkanes of at least 4 members (excludes halogenated alkanes) is 1. The molecule has 4 nitrogen and oxygen atoms in total. The summed E-state index contributed by atoms with van der Waals surface area (Å²) in [6.07, 6.45) is 3.94. The number of rotatable bonds is 7. The van der Waals surface area contributed by atoms with Gasteiger partial charge in [0.15, 0.2) is 0 Å². The monoisotopic (exact) mass is 325 g/mol. The summed E-state index contributed by atoms with van der Waals surface area (Å²) < 4.78 is 13.0. The summed E-state index contributed by atoms with van der Waals surface area (Å²) in [5.41, 5.74) is 0.549. The lowest BCUT2D eigenvalue weighted by Gasteiger charge is -2.13. The van der Waals surface area contributed by atoms with Crippen LogP contribution in [0.15, 0.2) is 12.1 Å². The number of hydrogen-bond donors (Lipinski definition) is 1. The van der Waals surface area contributed by atoms with Gasteiger partial charge < -0.3 is 10.2 Å². The third kappa shape index (κ3) is 10.00. The third-order valence-electron chi connectivity index (χ3n) is 3.19. The molecule has 0 saturated carbocycles. The largest absolute Gasteiger partial charge is 0.349 e. The van der Waals surface area contributed by atoms with Crippen LogP contribution < -0.4 is 5.32 Å². The number of hydrogen-bond acceptors (Lipinski definition) is 3. The Kier molecular flexibility index (Phi) is 11.2. The van der Waals surface area contributed by atoms with Crippen molar-refractivity contribution in [3.8, 4) is 0 Å². The maximum atomic E-state index is 13.0. The van der Waals surface area contributed by atoms with Gasteiger partial charge in [-0.25, -0.2) is 4.98 Å². The minimum atomic E-state index is -0.596. The molecule has 0 aliphatic heterocycles. The molecule has 132 valence electrons. The van der Waals surface area contributed by atoms with Crippen molar-refractivity contribution in [1.82, 2.24) is 15.2 Å². The highest BCUT2D eigenvalue weighted by molar-refractivity contribution is 5.92. The average molecular weight is 325 g/mol. The molecular formula is C18H32FN3O. The Labute approximate surface area is 140 Å². The number of nitrogens with one attached hydrogen (secondary N) is 1. The van der Waals surface area contributed by atoms with Gasteiger partial charge in [-0.15, -0.1) is 0 Å². The number of aromatic nitrogens is 1. The van der Waals surface area contributed by atoms with Crippen LogP contribution in [-0.4, -0.2) is 42.0 Å². The summed E-state index contributed by atoms with van der Waals surface area (Å²) in [6, 6.07) is 3.07. The Morgan fingerprint density at radius 2 is 1.91 bits per heavy atom. The number of nitrogens with zero attached hydrogens (tertiary/aromatic N) is 2. The molecule has 0 aliphatic rings. The first-order valence-electron chi connectivity index (χ1n) is 8.44. The molecule has 23 heavy (non-hydrogen) atoms. The molecule has 1 aromatic heterocycles. The van der Waals surface area contributed by atoms with Crippen LogP contribution in [0.1, 0.15) is 63.0 Å².